The number of ether oxygens (including phenoxy) is 1. The maximum atomic E-state index is 12.6. The van der Waals surface area contributed by atoms with Crippen LogP contribution in [0.3, 0.4) is 0 Å². The van der Waals surface area contributed by atoms with E-state index in [0.29, 0.717) is 18.8 Å². The maximum absolute atomic E-state index is 12.6. The smallest absolute Gasteiger partial charge is 0.243 e. The van der Waals surface area contributed by atoms with E-state index in [-0.39, 0.29) is 23.9 Å². The van der Waals surface area contributed by atoms with Crippen LogP contribution in [0, 0.1) is 0 Å². The largest absolute Gasteiger partial charge is 0.497 e. The summed E-state index contributed by atoms with van der Waals surface area (Å²) in [5, 5.41) is 0. The van der Waals surface area contributed by atoms with Crippen molar-refractivity contribution in [1.29, 1.82) is 0 Å². The van der Waals surface area contributed by atoms with Crippen molar-refractivity contribution in [3.63, 3.8) is 0 Å². The van der Waals surface area contributed by atoms with Gasteiger partial charge in [-0.3, -0.25) is 4.79 Å². The number of benzene rings is 1. The van der Waals surface area contributed by atoms with Gasteiger partial charge in [-0.25, -0.2) is 8.42 Å². The minimum Gasteiger partial charge on any atom is -0.497 e. The first-order valence-electron chi connectivity index (χ1n) is 7.59. The third-order valence-corrected chi connectivity index (χ3v) is 6.35. The number of carbonyl (C=O) groups is 1. The topological polar surface area (TPSA) is 92.9 Å². The highest BCUT2D eigenvalue weighted by molar-refractivity contribution is 7.89. The van der Waals surface area contributed by atoms with Gasteiger partial charge in [0.25, 0.3) is 0 Å². The lowest BCUT2D eigenvalue weighted by atomic mass is 10.2. The summed E-state index contributed by atoms with van der Waals surface area (Å²) < 4.78 is 31.7. The molecular formula is C15H21N3O4S. The van der Waals surface area contributed by atoms with Crippen molar-refractivity contribution in [2.75, 3.05) is 33.3 Å². The fraction of sp³-hybridized carbons (Fsp3) is 0.533. The predicted molar refractivity (Wildman–Crippen MR) is 84.5 cm³/mol. The van der Waals surface area contributed by atoms with E-state index in [1.165, 1.54) is 23.5 Å². The van der Waals surface area contributed by atoms with Gasteiger partial charge in [0.05, 0.1) is 17.5 Å². The highest BCUT2D eigenvalue weighted by Crippen LogP contribution is 2.34. The third kappa shape index (κ3) is 3.06. The van der Waals surface area contributed by atoms with Gasteiger partial charge in [-0.05, 0) is 37.1 Å². The van der Waals surface area contributed by atoms with E-state index in [1.54, 1.807) is 17.0 Å². The number of nitrogens with two attached hydrogens (primary N) is 1. The molecule has 0 radical (unpaired) electrons. The Morgan fingerprint density at radius 1 is 1.13 bits per heavy atom. The first-order valence-corrected chi connectivity index (χ1v) is 9.03. The Balaban J connectivity index is 1.67. The van der Waals surface area contributed by atoms with E-state index in [0.717, 1.165) is 12.8 Å². The molecule has 0 bridgehead atoms. The van der Waals surface area contributed by atoms with E-state index in [2.05, 4.69) is 0 Å². The molecule has 23 heavy (non-hydrogen) atoms. The van der Waals surface area contributed by atoms with Gasteiger partial charge in [-0.2, -0.15) is 4.31 Å². The van der Waals surface area contributed by atoms with Crippen molar-refractivity contribution >= 4 is 15.9 Å². The molecule has 3 rings (SSSR count). The second kappa shape index (κ2) is 5.77. The standard InChI is InChI=1S/C15H21N3O4S/c1-22-12-2-4-13(5-3-12)23(20,21)18-10-8-17(9-11-18)14(19)15(16)6-7-15/h2-5H,6-11,16H2,1H3. The van der Waals surface area contributed by atoms with Crippen molar-refractivity contribution in [3.8, 4) is 5.75 Å². The first-order chi connectivity index (χ1) is 10.9. The Bertz CT molecular complexity index is 690. The Morgan fingerprint density at radius 2 is 1.70 bits per heavy atom. The molecule has 1 aromatic rings. The molecule has 0 aromatic heterocycles. The molecule has 0 spiro atoms. The van der Waals surface area contributed by atoms with Crippen LogP contribution in [0.2, 0.25) is 0 Å². The van der Waals surface area contributed by atoms with Gasteiger partial charge in [0, 0.05) is 26.2 Å². The van der Waals surface area contributed by atoms with Crippen LogP contribution in [-0.4, -0.2) is 62.4 Å². The average molecular weight is 339 g/mol. The fourth-order valence-electron chi connectivity index (χ4n) is 2.69. The van der Waals surface area contributed by atoms with Crippen molar-refractivity contribution in [3.05, 3.63) is 24.3 Å². The quantitative estimate of drug-likeness (QED) is 0.835. The summed E-state index contributed by atoms with van der Waals surface area (Å²) in [6, 6.07) is 6.31. The summed E-state index contributed by atoms with van der Waals surface area (Å²) in [6.07, 6.45) is 1.44. The minimum absolute atomic E-state index is 0.0565. The molecule has 1 saturated carbocycles. The summed E-state index contributed by atoms with van der Waals surface area (Å²) >= 11 is 0. The van der Waals surface area contributed by atoms with Crippen LogP contribution in [0.1, 0.15) is 12.8 Å². The van der Waals surface area contributed by atoms with E-state index in [9.17, 15) is 13.2 Å². The van der Waals surface area contributed by atoms with Crippen LogP contribution in [0.15, 0.2) is 29.2 Å². The number of sulfonamides is 1. The van der Waals surface area contributed by atoms with E-state index in [1.807, 2.05) is 0 Å². The molecule has 1 aromatic carbocycles. The van der Waals surface area contributed by atoms with Crippen molar-refractivity contribution in [2.45, 2.75) is 23.3 Å². The number of amides is 1. The van der Waals surface area contributed by atoms with Gasteiger partial charge in [0.15, 0.2) is 0 Å². The van der Waals surface area contributed by atoms with Gasteiger partial charge in [-0.15, -0.1) is 0 Å². The Morgan fingerprint density at radius 3 is 2.17 bits per heavy atom. The number of methoxy groups -OCH3 is 1. The number of carbonyl (C=O) groups excluding carboxylic acids is 1. The highest BCUT2D eigenvalue weighted by Gasteiger charge is 2.48. The normalized spacial score (nSPS) is 21.0. The minimum atomic E-state index is -3.55. The van der Waals surface area contributed by atoms with Gasteiger partial charge >= 0.3 is 0 Å². The molecule has 0 atom stereocenters. The molecule has 2 fully saturated rings. The molecule has 7 nitrogen and oxygen atoms in total. The number of piperazine rings is 1. The molecule has 8 heteroatoms. The molecule has 0 unspecified atom stereocenters. The van der Waals surface area contributed by atoms with Crippen LogP contribution in [0.25, 0.3) is 0 Å². The van der Waals surface area contributed by atoms with Crippen molar-refractivity contribution in [2.24, 2.45) is 5.73 Å². The number of hydrogen-bond acceptors (Lipinski definition) is 5. The number of nitrogens with zero attached hydrogens (tertiary/aromatic N) is 2. The van der Waals surface area contributed by atoms with E-state index >= 15 is 0 Å². The lowest BCUT2D eigenvalue weighted by Gasteiger charge is -2.35. The zero-order valence-corrected chi connectivity index (χ0v) is 13.9. The summed E-state index contributed by atoms with van der Waals surface area (Å²) in [7, 11) is -2.02. The zero-order chi connectivity index (χ0) is 16.7. The second-order valence-electron chi connectivity index (χ2n) is 6.03. The van der Waals surface area contributed by atoms with Crippen LogP contribution >= 0.6 is 0 Å². The van der Waals surface area contributed by atoms with Crippen LogP contribution in [-0.2, 0) is 14.8 Å². The van der Waals surface area contributed by atoms with Crippen molar-refractivity contribution in [1.82, 2.24) is 9.21 Å². The van der Waals surface area contributed by atoms with Crippen LogP contribution in [0.4, 0.5) is 0 Å². The van der Waals surface area contributed by atoms with Crippen LogP contribution in [0.5, 0.6) is 5.75 Å². The van der Waals surface area contributed by atoms with Gasteiger partial charge in [0.1, 0.15) is 5.75 Å². The lowest BCUT2D eigenvalue weighted by molar-refractivity contribution is -0.134. The Kier molecular flexibility index (Phi) is 4.07. The number of rotatable bonds is 4. The molecule has 2 N–H and O–H groups in total. The van der Waals surface area contributed by atoms with Gasteiger partial charge in [0.2, 0.25) is 15.9 Å². The summed E-state index contributed by atoms with van der Waals surface area (Å²) in [4.78, 5) is 14.1. The van der Waals surface area contributed by atoms with Gasteiger partial charge in [-0.1, -0.05) is 0 Å². The summed E-state index contributed by atoms with van der Waals surface area (Å²) in [5.74, 6) is 0.552. The lowest BCUT2D eigenvalue weighted by Crippen LogP contribution is -2.55. The molecule has 1 aliphatic heterocycles. The molecule has 126 valence electrons. The van der Waals surface area contributed by atoms with Crippen LogP contribution < -0.4 is 10.5 Å². The zero-order valence-electron chi connectivity index (χ0n) is 13.1. The van der Waals surface area contributed by atoms with E-state index < -0.39 is 15.6 Å². The molecule has 1 aliphatic carbocycles. The molecule has 1 heterocycles. The van der Waals surface area contributed by atoms with E-state index in [4.69, 9.17) is 10.5 Å². The summed E-state index contributed by atoms with van der Waals surface area (Å²) in [6.45, 7) is 1.34. The third-order valence-electron chi connectivity index (χ3n) is 4.44. The second-order valence-corrected chi connectivity index (χ2v) is 7.97. The average Bonchev–Trinajstić information content (AvgIpc) is 3.33. The van der Waals surface area contributed by atoms with Gasteiger partial charge < -0.3 is 15.4 Å². The monoisotopic (exact) mass is 339 g/mol. The molecular weight excluding hydrogens is 318 g/mol. The first kappa shape index (κ1) is 16.2. The number of hydrogen-bond donors (Lipinski definition) is 1. The molecule has 1 amide bonds. The molecule has 2 aliphatic rings. The summed E-state index contributed by atoms with van der Waals surface area (Å²) in [5.41, 5.74) is 5.23. The Hall–Kier alpha value is -1.64. The maximum Gasteiger partial charge on any atom is 0.243 e. The van der Waals surface area contributed by atoms with Crippen molar-refractivity contribution < 1.29 is 17.9 Å². The highest BCUT2D eigenvalue weighted by atomic mass is 32.2. The SMILES string of the molecule is COc1ccc(S(=O)(=O)N2CCN(C(=O)C3(N)CC3)CC2)cc1. The molecule has 1 saturated heterocycles. The Labute approximate surface area is 136 Å². The fourth-order valence-corrected chi connectivity index (χ4v) is 4.11. The predicted octanol–water partition coefficient (Wildman–Crippen LogP) is 0.0194.